The number of carbonyl (C=O) groups is 1. The lowest BCUT2D eigenvalue weighted by Gasteiger charge is -2.23. The van der Waals surface area contributed by atoms with Crippen LogP contribution in [0, 0.1) is 18.8 Å². The Balaban J connectivity index is 1.45. The monoisotopic (exact) mass is 348 g/mol. The molecule has 5 rings (SSSR count). The van der Waals surface area contributed by atoms with Crippen LogP contribution in [0.3, 0.4) is 0 Å². The van der Waals surface area contributed by atoms with Gasteiger partial charge in [0.2, 0.25) is 5.71 Å². The lowest BCUT2D eigenvalue weighted by molar-refractivity contribution is 0.0914. The maximum absolute atomic E-state index is 13.0. The molecule has 2 heterocycles. The molecule has 1 aromatic carbocycles. The summed E-state index contributed by atoms with van der Waals surface area (Å²) in [5.41, 5.74) is 3.86. The van der Waals surface area contributed by atoms with Gasteiger partial charge in [0.1, 0.15) is 5.69 Å². The minimum absolute atomic E-state index is 0.0293. The van der Waals surface area contributed by atoms with Gasteiger partial charge < -0.3 is 14.3 Å². The van der Waals surface area contributed by atoms with Crippen LogP contribution in [0.5, 0.6) is 0 Å². The number of fused-ring (bicyclic) bond motifs is 3. The Hall–Kier alpha value is -2.49. The average Bonchev–Trinajstić information content (AvgIpc) is 3.37. The Morgan fingerprint density at radius 1 is 1.23 bits per heavy atom. The number of hydrogen-bond donors (Lipinski definition) is 1. The summed E-state index contributed by atoms with van der Waals surface area (Å²) in [6, 6.07) is 12.6. The minimum atomic E-state index is 0.0293. The molecule has 1 amide bonds. The predicted molar refractivity (Wildman–Crippen MR) is 101 cm³/mol. The molecule has 0 saturated heterocycles. The van der Waals surface area contributed by atoms with Crippen LogP contribution in [0.1, 0.15) is 47.3 Å². The minimum Gasteiger partial charge on any atom is -0.448 e. The highest BCUT2D eigenvalue weighted by Crippen LogP contribution is 2.44. The average molecular weight is 348 g/mol. The zero-order chi connectivity index (χ0) is 17.7. The first kappa shape index (κ1) is 15.7. The topological polar surface area (TPSA) is 47.2 Å². The smallest absolute Gasteiger partial charge is 0.268 e. The number of furan rings is 1. The maximum Gasteiger partial charge on any atom is 0.268 e. The van der Waals surface area contributed by atoms with Crippen molar-refractivity contribution in [3.05, 3.63) is 59.5 Å². The second-order valence-electron chi connectivity index (χ2n) is 8.04. The van der Waals surface area contributed by atoms with Crippen LogP contribution >= 0.6 is 0 Å². The number of carbonyl (C=O) groups excluding carboxylic acids is 1. The van der Waals surface area contributed by atoms with Crippen LogP contribution in [-0.4, -0.2) is 16.5 Å². The van der Waals surface area contributed by atoms with Gasteiger partial charge in [-0.15, -0.1) is 0 Å². The van der Waals surface area contributed by atoms with E-state index in [9.17, 15) is 4.79 Å². The summed E-state index contributed by atoms with van der Waals surface area (Å²) in [5, 5.41) is 4.30. The van der Waals surface area contributed by atoms with Crippen molar-refractivity contribution in [2.24, 2.45) is 11.8 Å². The van der Waals surface area contributed by atoms with Gasteiger partial charge in [0.15, 0.2) is 0 Å². The molecule has 2 aromatic heterocycles. The van der Waals surface area contributed by atoms with E-state index < -0.39 is 0 Å². The number of hydrogen-bond acceptors (Lipinski definition) is 2. The van der Waals surface area contributed by atoms with E-state index in [4.69, 9.17) is 4.42 Å². The van der Waals surface area contributed by atoms with Gasteiger partial charge in [-0.2, -0.15) is 0 Å². The highest BCUT2D eigenvalue weighted by atomic mass is 16.3. The fourth-order valence-corrected chi connectivity index (χ4v) is 4.98. The van der Waals surface area contributed by atoms with Crippen molar-refractivity contribution < 1.29 is 9.21 Å². The van der Waals surface area contributed by atoms with E-state index in [1.165, 1.54) is 30.4 Å². The van der Waals surface area contributed by atoms with Crippen LogP contribution in [0.25, 0.3) is 11.1 Å². The fourth-order valence-electron chi connectivity index (χ4n) is 4.98. The van der Waals surface area contributed by atoms with E-state index >= 15 is 0 Å². The largest absolute Gasteiger partial charge is 0.448 e. The molecule has 4 heteroatoms. The molecule has 3 aromatic rings. The molecule has 0 spiro atoms. The lowest BCUT2D eigenvalue weighted by Crippen LogP contribution is -2.39. The van der Waals surface area contributed by atoms with Crippen LogP contribution in [0.4, 0.5) is 0 Å². The molecule has 2 fully saturated rings. The van der Waals surface area contributed by atoms with Gasteiger partial charge in [-0.3, -0.25) is 4.79 Å². The summed E-state index contributed by atoms with van der Waals surface area (Å²) >= 11 is 0. The van der Waals surface area contributed by atoms with Crippen LogP contribution in [0.15, 0.2) is 47.1 Å². The molecule has 0 aliphatic heterocycles. The summed E-state index contributed by atoms with van der Waals surface area (Å²) in [7, 11) is 0. The summed E-state index contributed by atoms with van der Waals surface area (Å²) in [6.07, 6.45) is 6.73. The van der Waals surface area contributed by atoms with Gasteiger partial charge in [0.25, 0.3) is 5.91 Å². The number of nitrogens with zero attached hydrogens (tertiary/aromatic N) is 1. The highest BCUT2D eigenvalue weighted by molar-refractivity contribution is 5.98. The zero-order valence-electron chi connectivity index (χ0n) is 15.1. The molecule has 2 aliphatic rings. The van der Waals surface area contributed by atoms with Crippen LogP contribution in [-0.2, 0) is 6.54 Å². The van der Waals surface area contributed by atoms with Crippen molar-refractivity contribution in [1.29, 1.82) is 0 Å². The third-order valence-corrected chi connectivity index (χ3v) is 6.21. The highest BCUT2D eigenvalue weighted by Gasteiger charge is 2.40. The molecule has 1 N–H and O–H groups in total. The first-order valence-electron chi connectivity index (χ1n) is 9.60. The molecule has 3 atom stereocenters. The van der Waals surface area contributed by atoms with Crippen molar-refractivity contribution in [2.75, 3.05) is 0 Å². The molecular weight excluding hydrogens is 324 g/mol. The standard InChI is InChI=1S/C22H24N2O2/c1-14-3-2-4-16(9-14)13-24-20(12-18-7-8-26-22(18)24)21(25)23-19-11-15-5-6-17(19)10-15/h2-4,7-9,12,15,17,19H,5-6,10-11,13H2,1H3,(H,23,25)/t15-,17-,19+/m1/s1. The SMILES string of the molecule is Cc1cccc(Cn2c(C(=O)N[C@H]3C[C@@H]4CC[C@@H]3C4)cc3ccoc32)c1. The van der Waals surface area contributed by atoms with Gasteiger partial charge in [0, 0.05) is 11.4 Å². The van der Waals surface area contributed by atoms with Gasteiger partial charge in [-0.05, 0) is 55.7 Å². The second-order valence-corrected chi connectivity index (χ2v) is 8.04. The lowest BCUT2D eigenvalue weighted by atomic mass is 9.95. The number of aryl methyl sites for hydroxylation is 1. The zero-order valence-corrected chi connectivity index (χ0v) is 15.1. The second kappa shape index (κ2) is 6.04. The van der Waals surface area contributed by atoms with E-state index in [0.29, 0.717) is 24.2 Å². The molecule has 2 bridgehead atoms. The van der Waals surface area contributed by atoms with E-state index in [-0.39, 0.29) is 5.91 Å². The van der Waals surface area contributed by atoms with Crippen molar-refractivity contribution >= 4 is 17.0 Å². The van der Waals surface area contributed by atoms with E-state index in [1.807, 2.05) is 16.7 Å². The molecular formula is C22H24N2O2. The van der Waals surface area contributed by atoms with Gasteiger partial charge in [0.05, 0.1) is 12.8 Å². The van der Waals surface area contributed by atoms with E-state index in [0.717, 1.165) is 23.4 Å². The van der Waals surface area contributed by atoms with Crippen LogP contribution < -0.4 is 5.32 Å². The van der Waals surface area contributed by atoms with Crippen molar-refractivity contribution in [1.82, 2.24) is 9.88 Å². The predicted octanol–water partition coefficient (Wildman–Crippen LogP) is 4.51. The number of amides is 1. The van der Waals surface area contributed by atoms with E-state index in [2.05, 4.69) is 36.5 Å². The molecule has 0 radical (unpaired) electrons. The first-order chi connectivity index (χ1) is 12.7. The number of rotatable bonds is 4. The summed E-state index contributed by atoms with van der Waals surface area (Å²) in [4.78, 5) is 13.0. The molecule has 2 saturated carbocycles. The maximum atomic E-state index is 13.0. The molecule has 2 aliphatic carbocycles. The summed E-state index contributed by atoms with van der Waals surface area (Å²) in [6.45, 7) is 2.72. The Bertz CT molecular complexity index is 968. The van der Waals surface area contributed by atoms with Gasteiger partial charge in [-0.25, -0.2) is 0 Å². The van der Waals surface area contributed by atoms with Crippen molar-refractivity contribution in [2.45, 2.75) is 45.2 Å². The summed E-state index contributed by atoms with van der Waals surface area (Å²) in [5.74, 6) is 1.52. The molecule has 0 unspecified atom stereocenters. The third kappa shape index (κ3) is 2.64. The Kier molecular flexibility index (Phi) is 3.66. The van der Waals surface area contributed by atoms with Gasteiger partial charge in [-0.1, -0.05) is 36.2 Å². The van der Waals surface area contributed by atoms with Crippen LogP contribution in [0.2, 0.25) is 0 Å². The summed E-state index contributed by atoms with van der Waals surface area (Å²) < 4.78 is 7.69. The van der Waals surface area contributed by atoms with Crippen molar-refractivity contribution in [3.63, 3.8) is 0 Å². The fraction of sp³-hybridized carbons (Fsp3) is 0.409. The molecule has 134 valence electrons. The van der Waals surface area contributed by atoms with Crippen molar-refractivity contribution in [3.8, 4) is 0 Å². The normalized spacial score (nSPS) is 24.4. The molecule has 26 heavy (non-hydrogen) atoms. The number of aromatic nitrogens is 1. The Morgan fingerprint density at radius 2 is 2.15 bits per heavy atom. The Morgan fingerprint density at radius 3 is 2.92 bits per heavy atom. The Labute approximate surface area is 153 Å². The third-order valence-electron chi connectivity index (χ3n) is 6.21. The van der Waals surface area contributed by atoms with Gasteiger partial charge >= 0.3 is 0 Å². The number of benzene rings is 1. The molecule has 4 nitrogen and oxygen atoms in total. The number of nitrogens with one attached hydrogen (secondary N) is 1. The first-order valence-corrected chi connectivity index (χ1v) is 9.60. The van der Waals surface area contributed by atoms with E-state index in [1.54, 1.807) is 6.26 Å². The quantitative estimate of drug-likeness (QED) is 0.754.